The van der Waals surface area contributed by atoms with E-state index in [1.165, 1.54) is 5.56 Å². The Balaban J connectivity index is 2.10. The second kappa shape index (κ2) is 4.14. The van der Waals surface area contributed by atoms with Gasteiger partial charge in [0.1, 0.15) is 13.2 Å². The number of hydrogen-bond acceptors (Lipinski definition) is 4. The molecule has 0 atom stereocenters. The molecular formula is C14H15NO3. The number of fused-ring (bicyclic) bond motifs is 1. The summed E-state index contributed by atoms with van der Waals surface area (Å²) in [7, 11) is 0. The van der Waals surface area contributed by atoms with Crippen LogP contribution < -0.4 is 9.47 Å². The summed E-state index contributed by atoms with van der Waals surface area (Å²) in [5, 5.41) is 0. The van der Waals surface area contributed by atoms with Crippen molar-refractivity contribution in [2.45, 2.75) is 31.7 Å². The Bertz CT molecular complexity index is 528. The third-order valence-electron chi connectivity index (χ3n) is 3.63. The van der Waals surface area contributed by atoms with Crippen molar-refractivity contribution in [3.63, 3.8) is 0 Å². The molecule has 1 saturated carbocycles. The lowest BCUT2D eigenvalue weighted by atomic mass is 9.96. The van der Waals surface area contributed by atoms with Gasteiger partial charge in [-0.15, -0.1) is 0 Å². The predicted octanol–water partition coefficient (Wildman–Crippen LogP) is 2.35. The summed E-state index contributed by atoms with van der Waals surface area (Å²) >= 11 is 0. The van der Waals surface area contributed by atoms with Gasteiger partial charge in [0.05, 0.1) is 5.54 Å². The number of isocyanates is 1. The van der Waals surface area contributed by atoms with Crippen molar-refractivity contribution in [2.24, 2.45) is 4.99 Å². The van der Waals surface area contributed by atoms with Crippen molar-refractivity contribution in [3.05, 3.63) is 23.3 Å². The fraction of sp³-hybridized carbons (Fsp3) is 0.500. The number of aliphatic imine (C=N–C) groups is 1. The van der Waals surface area contributed by atoms with E-state index in [-0.39, 0.29) is 5.54 Å². The lowest BCUT2D eigenvalue weighted by Gasteiger charge is -2.22. The summed E-state index contributed by atoms with van der Waals surface area (Å²) in [6, 6.07) is 4.01. The summed E-state index contributed by atoms with van der Waals surface area (Å²) in [4.78, 5) is 14.6. The van der Waals surface area contributed by atoms with Crippen molar-refractivity contribution in [3.8, 4) is 11.5 Å². The molecule has 0 amide bonds. The molecule has 1 fully saturated rings. The molecule has 0 spiro atoms. The van der Waals surface area contributed by atoms with Gasteiger partial charge in [0.25, 0.3) is 0 Å². The highest BCUT2D eigenvalue weighted by Gasteiger charge is 2.46. The van der Waals surface area contributed by atoms with Crippen LogP contribution in [0.3, 0.4) is 0 Å². The highest BCUT2D eigenvalue weighted by molar-refractivity contribution is 5.53. The van der Waals surface area contributed by atoms with E-state index in [1.807, 2.05) is 12.1 Å². The van der Waals surface area contributed by atoms with Gasteiger partial charge >= 0.3 is 0 Å². The molecule has 1 heterocycles. The molecule has 1 aliphatic heterocycles. The van der Waals surface area contributed by atoms with Crippen molar-refractivity contribution < 1.29 is 14.3 Å². The van der Waals surface area contributed by atoms with Crippen LogP contribution in [0.4, 0.5) is 0 Å². The molecule has 1 aromatic rings. The van der Waals surface area contributed by atoms with E-state index in [9.17, 15) is 4.79 Å². The predicted molar refractivity (Wildman–Crippen MR) is 65.8 cm³/mol. The van der Waals surface area contributed by atoms with Crippen LogP contribution in [-0.4, -0.2) is 19.3 Å². The minimum absolute atomic E-state index is 0.344. The lowest BCUT2D eigenvalue weighted by Crippen LogP contribution is -2.17. The average molecular weight is 245 g/mol. The van der Waals surface area contributed by atoms with Crippen LogP contribution in [0.2, 0.25) is 0 Å². The highest BCUT2D eigenvalue weighted by Crippen LogP contribution is 2.52. The third-order valence-corrected chi connectivity index (χ3v) is 3.63. The largest absolute Gasteiger partial charge is 0.486 e. The molecule has 94 valence electrons. The van der Waals surface area contributed by atoms with E-state index >= 15 is 0 Å². The zero-order valence-electron chi connectivity index (χ0n) is 10.4. The number of carbonyl (C=O) groups excluding carboxylic acids is 1. The van der Waals surface area contributed by atoms with Crippen LogP contribution in [0.15, 0.2) is 17.1 Å². The Morgan fingerprint density at radius 2 is 1.94 bits per heavy atom. The molecule has 0 N–H and O–H groups in total. The second-order valence-electron chi connectivity index (χ2n) is 4.74. The van der Waals surface area contributed by atoms with Gasteiger partial charge in [-0.3, -0.25) is 0 Å². The molecule has 4 heteroatoms. The van der Waals surface area contributed by atoms with Gasteiger partial charge in [-0.2, -0.15) is 4.99 Å². The summed E-state index contributed by atoms with van der Waals surface area (Å²) < 4.78 is 11.2. The number of hydrogen-bond donors (Lipinski definition) is 0. The Kier molecular flexibility index (Phi) is 2.60. The Hall–Kier alpha value is -1.80. The molecule has 1 aliphatic carbocycles. The zero-order chi connectivity index (χ0) is 12.6. The zero-order valence-corrected chi connectivity index (χ0v) is 10.4. The molecule has 1 aromatic carbocycles. The van der Waals surface area contributed by atoms with Gasteiger partial charge < -0.3 is 9.47 Å². The molecule has 0 bridgehead atoms. The lowest BCUT2D eigenvalue weighted by molar-refractivity contribution is 0.171. The monoisotopic (exact) mass is 245 g/mol. The van der Waals surface area contributed by atoms with E-state index < -0.39 is 0 Å². The number of rotatable bonds is 3. The fourth-order valence-corrected chi connectivity index (χ4v) is 2.50. The quantitative estimate of drug-likeness (QED) is 0.606. The topological polar surface area (TPSA) is 47.9 Å². The smallest absolute Gasteiger partial charge is 0.235 e. The Morgan fingerprint density at radius 3 is 2.50 bits per heavy atom. The molecule has 2 aliphatic rings. The maximum absolute atomic E-state index is 10.6. The van der Waals surface area contributed by atoms with Gasteiger partial charge in [-0.25, -0.2) is 4.79 Å². The van der Waals surface area contributed by atoms with Gasteiger partial charge in [-0.1, -0.05) is 6.92 Å². The molecule has 18 heavy (non-hydrogen) atoms. The first-order valence-corrected chi connectivity index (χ1v) is 6.31. The number of benzene rings is 1. The van der Waals surface area contributed by atoms with E-state index in [0.717, 1.165) is 36.3 Å². The molecule has 0 radical (unpaired) electrons. The van der Waals surface area contributed by atoms with Crippen molar-refractivity contribution in [2.75, 3.05) is 13.2 Å². The SMILES string of the molecule is CCc1cc2c(cc1C1(N=C=O)CC1)OCCO2. The first kappa shape index (κ1) is 11.3. The maximum Gasteiger partial charge on any atom is 0.235 e. The Labute approximate surface area is 106 Å². The fourth-order valence-electron chi connectivity index (χ4n) is 2.50. The number of nitrogens with zero attached hydrogens (tertiary/aromatic N) is 1. The third kappa shape index (κ3) is 1.70. The van der Waals surface area contributed by atoms with Gasteiger partial charge in [0, 0.05) is 0 Å². The van der Waals surface area contributed by atoms with Crippen LogP contribution in [0.1, 0.15) is 30.9 Å². The minimum Gasteiger partial charge on any atom is -0.486 e. The molecule has 0 aromatic heterocycles. The summed E-state index contributed by atoms with van der Waals surface area (Å²) in [5.74, 6) is 1.56. The molecule has 0 unspecified atom stereocenters. The van der Waals surface area contributed by atoms with Gasteiger partial charge in [0.2, 0.25) is 6.08 Å². The van der Waals surface area contributed by atoms with E-state index in [0.29, 0.717) is 13.2 Å². The minimum atomic E-state index is -0.344. The molecular weight excluding hydrogens is 230 g/mol. The normalized spacial score (nSPS) is 18.9. The average Bonchev–Trinajstić information content (AvgIpc) is 3.18. The summed E-state index contributed by atoms with van der Waals surface area (Å²) in [6.45, 7) is 3.25. The van der Waals surface area contributed by atoms with Crippen molar-refractivity contribution in [1.29, 1.82) is 0 Å². The molecule has 3 rings (SSSR count). The summed E-state index contributed by atoms with van der Waals surface area (Å²) in [5.41, 5.74) is 1.93. The second-order valence-corrected chi connectivity index (χ2v) is 4.74. The van der Waals surface area contributed by atoms with Crippen LogP contribution in [-0.2, 0) is 16.8 Å². The summed E-state index contributed by atoms with van der Waals surface area (Å²) in [6.07, 6.45) is 4.42. The molecule has 4 nitrogen and oxygen atoms in total. The first-order valence-electron chi connectivity index (χ1n) is 6.31. The standard InChI is InChI=1S/C14H15NO3/c1-2-10-7-12-13(18-6-5-17-12)8-11(10)14(3-4-14)15-9-16/h7-8H,2-6H2,1H3. The van der Waals surface area contributed by atoms with E-state index in [1.54, 1.807) is 6.08 Å². The van der Waals surface area contributed by atoms with Gasteiger partial charge in [0.15, 0.2) is 11.5 Å². The molecule has 0 saturated heterocycles. The van der Waals surface area contributed by atoms with Crippen LogP contribution in [0, 0.1) is 0 Å². The van der Waals surface area contributed by atoms with E-state index in [4.69, 9.17) is 9.47 Å². The van der Waals surface area contributed by atoms with E-state index in [2.05, 4.69) is 11.9 Å². The van der Waals surface area contributed by atoms with Gasteiger partial charge in [-0.05, 0) is 42.5 Å². The highest BCUT2D eigenvalue weighted by atomic mass is 16.6. The van der Waals surface area contributed by atoms with Crippen molar-refractivity contribution in [1.82, 2.24) is 0 Å². The number of aryl methyl sites for hydroxylation is 1. The van der Waals surface area contributed by atoms with Crippen LogP contribution in [0.5, 0.6) is 11.5 Å². The van der Waals surface area contributed by atoms with Crippen molar-refractivity contribution >= 4 is 6.08 Å². The maximum atomic E-state index is 10.6. The van der Waals surface area contributed by atoms with Crippen LogP contribution in [0.25, 0.3) is 0 Å². The van der Waals surface area contributed by atoms with Crippen LogP contribution >= 0.6 is 0 Å². The Morgan fingerprint density at radius 1 is 1.28 bits per heavy atom. The number of ether oxygens (including phenoxy) is 2. The first-order chi connectivity index (χ1) is 8.79.